The molecule has 1 aliphatic rings. The molecule has 1 aromatic rings. The molecule has 0 spiro atoms. The molecule has 1 unspecified atom stereocenters. The second-order valence-electron chi connectivity index (χ2n) is 5.10. The van der Waals surface area contributed by atoms with Gasteiger partial charge in [-0.3, -0.25) is 0 Å². The first kappa shape index (κ1) is 14.4. The average molecular weight is 286 g/mol. The van der Waals surface area contributed by atoms with E-state index in [9.17, 15) is 12.8 Å². The van der Waals surface area contributed by atoms with E-state index in [1.54, 1.807) is 4.31 Å². The number of halogens is 1. The van der Waals surface area contributed by atoms with Crippen LogP contribution in [-0.4, -0.2) is 50.3 Å². The molecule has 2 rings (SSSR count). The SMILES string of the molecule is CC1CN(C)CCN1S(=O)(=O)Cc1ccc(F)cc1. The normalized spacial score (nSPS) is 22.6. The third-order valence-corrected chi connectivity index (χ3v) is 5.34. The second-order valence-corrected chi connectivity index (χ2v) is 7.03. The van der Waals surface area contributed by atoms with E-state index in [1.807, 2.05) is 14.0 Å². The molecule has 0 saturated carbocycles. The number of hydrogen-bond acceptors (Lipinski definition) is 3. The summed E-state index contributed by atoms with van der Waals surface area (Å²) in [4.78, 5) is 2.12. The minimum atomic E-state index is -3.34. The van der Waals surface area contributed by atoms with Gasteiger partial charge in [-0.2, -0.15) is 4.31 Å². The van der Waals surface area contributed by atoms with E-state index in [0.717, 1.165) is 13.1 Å². The predicted octanol–water partition coefficient (Wildman–Crippen LogP) is 1.29. The van der Waals surface area contributed by atoms with Gasteiger partial charge in [-0.1, -0.05) is 12.1 Å². The van der Waals surface area contributed by atoms with E-state index >= 15 is 0 Å². The van der Waals surface area contributed by atoms with Crippen molar-refractivity contribution in [3.05, 3.63) is 35.6 Å². The van der Waals surface area contributed by atoms with Gasteiger partial charge in [0.1, 0.15) is 5.82 Å². The summed E-state index contributed by atoms with van der Waals surface area (Å²) < 4.78 is 39.1. The zero-order valence-corrected chi connectivity index (χ0v) is 12.0. The summed E-state index contributed by atoms with van der Waals surface area (Å²) in [6.45, 7) is 3.91. The van der Waals surface area contributed by atoms with E-state index in [0.29, 0.717) is 12.1 Å². The Hall–Kier alpha value is -0.980. The highest BCUT2D eigenvalue weighted by Gasteiger charge is 2.31. The average Bonchev–Trinajstić information content (AvgIpc) is 2.31. The lowest BCUT2D eigenvalue weighted by atomic mass is 10.2. The van der Waals surface area contributed by atoms with Crippen LogP contribution >= 0.6 is 0 Å². The number of sulfonamides is 1. The van der Waals surface area contributed by atoms with E-state index in [4.69, 9.17) is 0 Å². The molecule has 0 aromatic heterocycles. The maximum absolute atomic E-state index is 12.8. The van der Waals surface area contributed by atoms with Crippen LogP contribution in [0, 0.1) is 5.82 Å². The maximum atomic E-state index is 12.8. The summed E-state index contributed by atoms with van der Waals surface area (Å²) in [5.74, 6) is -0.421. The molecule has 1 aromatic carbocycles. The summed E-state index contributed by atoms with van der Waals surface area (Å²) in [7, 11) is -1.35. The molecule has 4 nitrogen and oxygen atoms in total. The fraction of sp³-hybridized carbons (Fsp3) is 0.538. The van der Waals surface area contributed by atoms with Crippen LogP contribution in [0.5, 0.6) is 0 Å². The van der Waals surface area contributed by atoms with Crippen LogP contribution in [-0.2, 0) is 15.8 Å². The smallest absolute Gasteiger partial charge is 0.218 e. The lowest BCUT2D eigenvalue weighted by Gasteiger charge is -2.37. The van der Waals surface area contributed by atoms with Crippen molar-refractivity contribution in [1.82, 2.24) is 9.21 Å². The minimum Gasteiger partial charge on any atom is -0.303 e. The van der Waals surface area contributed by atoms with Crippen molar-refractivity contribution in [2.45, 2.75) is 18.7 Å². The first-order chi connectivity index (χ1) is 8.88. The van der Waals surface area contributed by atoms with Gasteiger partial charge in [0.2, 0.25) is 10.0 Å². The van der Waals surface area contributed by atoms with Crippen LogP contribution in [0.25, 0.3) is 0 Å². The standard InChI is InChI=1S/C13H19FN2O2S/c1-11-9-15(2)7-8-16(11)19(17,18)10-12-3-5-13(14)6-4-12/h3-6,11H,7-10H2,1-2H3. The van der Waals surface area contributed by atoms with E-state index in [1.165, 1.54) is 24.3 Å². The Morgan fingerprint density at radius 1 is 1.26 bits per heavy atom. The first-order valence-electron chi connectivity index (χ1n) is 6.31. The van der Waals surface area contributed by atoms with E-state index in [-0.39, 0.29) is 17.6 Å². The van der Waals surface area contributed by atoms with Gasteiger partial charge in [-0.15, -0.1) is 0 Å². The number of nitrogens with zero attached hydrogens (tertiary/aromatic N) is 2. The molecule has 1 atom stereocenters. The van der Waals surface area contributed by atoms with Crippen molar-refractivity contribution >= 4 is 10.0 Å². The summed E-state index contributed by atoms with van der Waals surface area (Å²) in [5.41, 5.74) is 0.618. The number of rotatable bonds is 3. The second kappa shape index (κ2) is 5.56. The molecule has 1 saturated heterocycles. The molecule has 19 heavy (non-hydrogen) atoms. The number of benzene rings is 1. The van der Waals surface area contributed by atoms with Crippen molar-refractivity contribution in [2.75, 3.05) is 26.7 Å². The Labute approximate surface area is 113 Å². The molecule has 0 N–H and O–H groups in total. The molecular formula is C13H19FN2O2S. The molecule has 0 aliphatic carbocycles. The van der Waals surface area contributed by atoms with Crippen molar-refractivity contribution in [2.24, 2.45) is 0 Å². The monoisotopic (exact) mass is 286 g/mol. The topological polar surface area (TPSA) is 40.6 Å². The van der Waals surface area contributed by atoms with Crippen LogP contribution in [0.2, 0.25) is 0 Å². The van der Waals surface area contributed by atoms with Gasteiger partial charge in [-0.25, -0.2) is 12.8 Å². The number of piperazine rings is 1. The maximum Gasteiger partial charge on any atom is 0.218 e. The van der Waals surface area contributed by atoms with Crippen molar-refractivity contribution in [3.63, 3.8) is 0 Å². The Morgan fingerprint density at radius 2 is 1.89 bits per heavy atom. The van der Waals surface area contributed by atoms with Gasteiger partial charge in [0.05, 0.1) is 5.75 Å². The summed E-state index contributed by atoms with van der Waals surface area (Å²) in [6.07, 6.45) is 0. The first-order valence-corrected chi connectivity index (χ1v) is 7.92. The highest BCUT2D eigenvalue weighted by Crippen LogP contribution is 2.17. The molecule has 106 valence electrons. The summed E-state index contributed by atoms with van der Waals surface area (Å²) in [6, 6.07) is 5.60. The zero-order chi connectivity index (χ0) is 14.0. The highest BCUT2D eigenvalue weighted by atomic mass is 32.2. The molecule has 0 bridgehead atoms. The predicted molar refractivity (Wildman–Crippen MR) is 72.7 cm³/mol. The quantitative estimate of drug-likeness (QED) is 0.841. The Balaban J connectivity index is 2.12. The lowest BCUT2D eigenvalue weighted by Crippen LogP contribution is -2.52. The van der Waals surface area contributed by atoms with Gasteiger partial charge >= 0.3 is 0 Å². The Kier molecular flexibility index (Phi) is 4.23. The third-order valence-electron chi connectivity index (χ3n) is 3.39. The summed E-state index contributed by atoms with van der Waals surface area (Å²) in [5, 5.41) is 0. The molecule has 6 heteroatoms. The van der Waals surface area contributed by atoms with Crippen molar-refractivity contribution < 1.29 is 12.8 Å². The van der Waals surface area contributed by atoms with Crippen LogP contribution in [0.4, 0.5) is 4.39 Å². The Bertz CT molecular complexity index is 530. The molecule has 1 fully saturated rings. The molecule has 1 heterocycles. The minimum absolute atomic E-state index is 0.0239. The molecule has 0 radical (unpaired) electrons. The van der Waals surface area contributed by atoms with Gasteiger partial charge in [0, 0.05) is 25.7 Å². The van der Waals surface area contributed by atoms with Crippen molar-refractivity contribution in [3.8, 4) is 0 Å². The van der Waals surface area contributed by atoms with Crippen LogP contribution < -0.4 is 0 Å². The van der Waals surface area contributed by atoms with Crippen LogP contribution in [0.1, 0.15) is 12.5 Å². The number of likely N-dealkylation sites (N-methyl/N-ethyl adjacent to an activating group) is 1. The van der Waals surface area contributed by atoms with Gasteiger partial charge in [0.15, 0.2) is 0 Å². The highest BCUT2D eigenvalue weighted by molar-refractivity contribution is 7.88. The van der Waals surface area contributed by atoms with Crippen LogP contribution in [0.15, 0.2) is 24.3 Å². The van der Waals surface area contributed by atoms with Crippen molar-refractivity contribution in [1.29, 1.82) is 0 Å². The summed E-state index contributed by atoms with van der Waals surface area (Å²) >= 11 is 0. The van der Waals surface area contributed by atoms with Crippen LogP contribution in [0.3, 0.4) is 0 Å². The van der Waals surface area contributed by atoms with Gasteiger partial charge < -0.3 is 4.90 Å². The fourth-order valence-electron chi connectivity index (χ4n) is 2.41. The Morgan fingerprint density at radius 3 is 2.47 bits per heavy atom. The largest absolute Gasteiger partial charge is 0.303 e. The molecule has 1 aliphatic heterocycles. The fourth-order valence-corrected chi connectivity index (χ4v) is 4.16. The number of hydrogen-bond donors (Lipinski definition) is 0. The zero-order valence-electron chi connectivity index (χ0n) is 11.2. The van der Waals surface area contributed by atoms with Gasteiger partial charge in [0.25, 0.3) is 0 Å². The molecule has 0 amide bonds. The molecular weight excluding hydrogens is 267 g/mol. The lowest BCUT2D eigenvalue weighted by molar-refractivity contribution is 0.170. The van der Waals surface area contributed by atoms with E-state index < -0.39 is 10.0 Å². The third kappa shape index (κ3) is 3.52. The van der Waals surface area contributed by atoms with E-state index in [2.05, 4.69) is 4.90 Å². The van der Waals surface area contributed by atoms with Gasteiger partial charge in [-0.05, 0) is 31.7 Å².